The Morgan fingerprint density at radius 2 is 1.86 bits per heavy atom. The standard InChI is InChI=1S/C9H8ClNO.CH4O/c10-8-4-2-1-3-7-11-9(12)6-5-8;1-2/h1-7H,(H,11,12);2H,1H3. The minimum Gasteiger partial charge on any atom is -0.400 e. The average molecular weight is 214 g/mol. The zero-order valence-electron chi connectivity index (χ0n) is 7.77. The Morgan fingerprint density at radius 1 is 1.14 bits per heavy atom. The third-order valence-corrected chi connectivity index (χ3v) is 1.45. The second kappa shape index (κ2) is 8.29. The van der Waals surface area contributed by atoms with E-state index >= 15 is 0 Å². The van der Waals surface area contributed by atoms with Gasteiger partial charge in [0.05, 0.1) is 0 Å². The van der Waals surface area contributed by atoms with Crippen LogP contribution in [0.4, 0.5) is 0 Å². The molecule has 0 aliphatic rings. The number of aromatic amines is 1. The molecule has 3 nitrogen and oxygen atoms in total. The lowest BCUT2D eigenvalue weighted by Gasteiger charge is -1.78. The maximum Gasteiger partial charge on any atom is 0.247 e. The minimum absolute atomic E-state index is 0.187. The van der Waals surface area contributed by atoms with Crippen LogP contribution in [0.25, 0.3) is 0 Å². The first-order chi connectivity index (χ1) is 6.79. The van der Waals surface area contributed by atoms with Crippen molar-refractivity contribution in [3.8, 4) is 0 Å². The van der Waals surface area contributed by atoms with E-state index in [0.717, 1.165) is 7.11 Å². The first kappa shape index (κ1) is 12.7. The van der Waals surface area contributed by atoms with Crippen LogP contribution in [0, 0.1) is 0 Å². The van der Waals surface area contributed by atoms with Crippen molar-refractivity contribution in [2.75, 3.05) is 7.11 Å². The van der Waals surface area contributed by atoms with Crippen molar-refractivity contribution in [3.63, 3.8) is 0 Å². The van der Waals surface area contributed by atoms with Crippen molar-refractivity contribution in [1.29, 1.82) is 0 Å². The first-order valence-corrected chi connectivity index (χ1v) is 4.29. The molecule has 0 saturated heterocycles. The number of aromatic nitrogens is 1. The topological polar surface area (TPSA) is 53.1 Å². The van der Waals surface area contributed by atoms with Gasteiger partial charge in [-0.05, 0) is 18.2 Å². The van der Waals surface area contributed by atoms with Crippen molar-refractivity contribution >= 4 is 11.6 Å². The fourth-order valence-electron chi connectivity index (χ4n) is 0.656. The molecule has 0 aromatic carbocycles. The fourth-order valence-corrected chi connectivity index (χ4v) is 0.792. The third kappa shape index (κ3) is 6.22. The van der Waals surface area contributed by atoms with Crippen LogP contribution >= 0.6 is 11.6 Å². The fraction of sp³-hybridized carbons (Fsp3) is 0.100. The van der Waals surface area contributed by atoms with Gasteiger partial charge in [-0.25, -0.2) is 0 Å². The molecule has 0 atom stereocenters. The normalized spacial score (nSPS) is 7.93. The number of hydrogen-bond acceptors (Lipinski definition) is 2. The zero-order chi connectivity index (χ0) is 10.8. The van der Waals surface area contributed by atoms with Crippen LogP contribution < -0.4 is 5.56 Å². The lowest BCUT2D eigenvalue weighted by molar-refractivity contribution is 0.399. The van der Waals surface area contributed by atoms with Crippen molar-refractivity contribution in [3.05, 3.63) is 58.0 Å². The molecule has 1 rings (SSSR count). The van der Waals surface area contributed by atoms with E-state index in [9.17, 15) is 4.79 Å². The summed E-state index contributed by atoms with van der Waals surface area (Å²) < 4.78 is 0. The van der Waals surface area contributed by atoms with Gasteiger partial charge in [-0.2, -0.15) is 0 Å². The van der Waals surface area contributed by atoms with Gasteiger partial charge in [0.15, 0.2) is 0 Å². The highest BCUT2D eigenvalue weighted by Gasteiger charge is 1.76. The minimum atomic E-state index is -0.187. The molecule has 0 aliphatic heterocycles. The zero-order valence-corrected chi connectivity index (χ0v) is 8.53. The summed E-state index contributed by atoms with van der Waals surface area (Å²) in [6.07, 6.45) is 1.57. The molecule has 0 amide bonds. The van der Waals surface area contributed by atoms with Crippen molar-refractivity contribution in [1.82, 2.24) is 4.98 Å². The predicted molar refractivity (Wildman–Crippen MR) is 57.8 cm³/mol. The Bertz CT molecular complexity index is 361. The van der Waals surface area contributed by atoms with Crippen LogP contribution in [0.2, 0.25) is 5.02 Å². The maximum absolute atomic E-state index is 10.9. The first-order valence-electron chi connectivity index (χ1n) is 3.91. The van der Waals surface area contributed by atoms with Gasteiger partial charge in [0.1, 0.15) is 0 Å². The highest BCUT2D eigenvalue weighted by molar-refractivity contribution is 6.30. The van der Waals surface area contributed by atoms with E-state index in [1.807, 2.05) is 0 Å². The quantitative estimate of drug-likeness (QED) is 0.690. The number of hydrogen-bond donors (Lipinski definition) is 2. The second-order valence-corrected chi connectivity index (χ2v) is 2.57. The third-order valence-electron chi connectivity index (χ3n) is 1.19. The molecule has 14 heavy (non-hydrogen) atoms. The SMILES string of the molecule is CO.O=c1ccc(Cl)ccccc[nH]1. The van der Waals surface area contributed by atoms with Gasteiger partial charge < -0.3 is 10.1 Å². The molecule has 4 heteroatoms. The molecule has 0 fully saturated rings. The number of rotatable bonds is 0. The summed E-state index contributed by atoms with van der Waals surface area (Å²) >= 11 is 5.70. The second-order valence-electron chi connectivity index (χ2n) is 2.14. The molecule has 2 N–H and O–H groups in total. The van der Waals surface area contributed by atoms with E-state index in [4.69, 9.17) is 16.7 Å². The summed E-state index contributed by atoms with van der Waals surface area (Å²) in [4.78, 5) is 13.4. The summed E-state index contributed by atoms with van der Waals surface area (Å²) in [5.41, 5.74) is -0.187. The summed E-state index contributed by atoms with van der Waals surface area (Å²) in [7, 11) is 1.00. The van der Waals surface area contributed by atoms with Gasteiger partial charge >= 0.3 is 0 Å². The van der Waals surface area contributed by atoms with Crippen LogP contribution in [-0.4, -0.2) is 17.2 Å². The highest BCUT2D eigenvalue weighted by Crippen LogP contribution is 2.00. The summed E-state index contributed by atoms with van der Waals surface area (Å²) in [5.74, 6) is 0. The molecule has 0 aliphatic carbocycles. The number of aliphatic hydroxyl groups is 1. The van der Waals surface area contributed by atoms with Crippen LogP contribution in [0.15, 0.2) is 47.4 Å². The summed E-state index contributed by atoms with van der Waals surface area (Å²) in [6, 6.07) is 9.92. The Kier molecular flexibility index (Phi) is 7.50. The monoisotopic (exact) mass is 213 g/mol. The van der Waals surface area contributed by atoms with Gasteiger partial charge in [-0.3, -0.25) is 4.79 Å². The van der Waals surface area contributed by atoms with Crippen LogP contribution in [0.3, 0.4) is 0 Å². The van der Waals surface area contributed by atoms with E-state index in [0.29, 0.717) is 5.02 Å². The average Bonchev–Trinajstić information content (AvgIpc) is 2.23. The Morgan fingerprint density at radius 3 is 2.57 bits per heavy atom. The van der Waals surface area contributed by atoms with E-state index in [1.165, 1.54) is 6.07 Å². The van der Waals surface area contributed by atoms with Crippen molar-refractivity contribution < 1.29 is 5.11 Å². The number of H-pyrrole nitrogens is 1. The van der Waals surface area contributed by atoms with E-state index < -0.39 is 0 Å². The summed E-state index contributed by atoms with van der Waals surface area (Å²) in [6.45, 7) is 0. The van der Waals surface area contributed by atoms with Gasteiger partial charge in [0, 0.05) is 24.4 Å². The smallest absolute Gasteiger partial charge is 0.247 e. The van der Waals surface area contributed by atoms with Crippen molar-refractivity contribution in [2.24, 2.45) is 0 Å². The highest BCUT2D eigenvalue weighted by atomic mass is 35.5. The number of halogens is 1. The molecule has 1 heterocycles. The largest absolute Gasteiger partial charge is 0.400 e. The Balaban J connectivity index is 0.000000791. The molecule has 1 aromatic heterocycles. The lowest BCUT2D eigenvalue weighted by Crippen LogP contribution is -1.97. The maximum atomic E-state index is 10.9. The Labute approximate surface area is 87.3 Å². The van der Waals surface area contributed by atoms with Crippen LogP contribution in [0.1, 0.15) is 0 Å². The predicted octanol–water partition coefficient (Wildman–Crippen LogP) is 1.76. The Hall–Kier alpha value is -1.32. The number of aliphatic hydroxyl groups excluding tert-OH is 1. The van der Waals surface area contributed by atoms with E-state index in [2.05, 4.69) is 4.98 Å². The molecule has 0 radical (unpaired) electrons. The van der Waals surface area contributed by atoms with Gasteiger partial charge in [0.25, 0.3) is 0 Å². The van der Waals surface area contributed by atoms with Gasteiger partial charge in [0.2, 0.25) is 5.56 Å². The molecule has 0 unspecified atom stereocenters. The van der Waals surface area contributed by atoms with Gasteiger partial charge in [-0.15, -0.1) is 0 Å². The van der Waals surface area contributed by atoms with Crippen LogP contribution in [0.5, 0.6) is 0 Å². The van der Waals surface area contributed by atoms with Crippen LogP contribution in [-0.2, 0) is 0 Å². The van der Waals surface area contributed by atoms with E-state index in [-0.39, 0.29) is 5.56 Å². The number of nitrogens with one attached hydrogen (secondary N) is 1. The van der Waals surface area contributed by atoms with E-state index in [1.54, 1.807) is 36.5 Å². The molecule has 1 aromatic rings. The molecular weight excluding hydrogens is 202 g/mol. The molecular formula is C10H12ClNO2. The summed E-state index contributed by atoms with van der Waals surface area (Å²) in [5, 5.41) is 7.52. The molecule has 0 bridgehead atoms. The van der Waals surface area contributed by atoms with Gasteiger partial charge in [-0.1, -0.05) is 23.7 Å². The molecule has 0 saturated carbocycles. The molecule has 76 valence electrons. The lowest BCUT2D eigenvalue weighted by atomic mass is 10.4. The molecule has 0 spiro atoms. The van der Waals surface area contributed by atoms with Crippen molar-refractivity contribution in [2.45, 2.75) is 0 Å².